The lowest BCUT2D eigenvalue weighted by molar-refractivity contribution is 0.157. The molecule has 1 rings (SSSR count). The van der Waals surface area contributed by atoms with Crippen molar-refractivity contribution in [1.82, 2.24) is 4.90 Å². The maximum atomic E-state index is 2.41. The van der Waals surface area contributed by atoms with Gasteiger partial charge >= 0.3 is 0 Å². The lowest BCUT2D eigenvalue weighted by Gasteiger charge is -2.34. The van der Waals surface area contributed by atoms with E-state index in [9.17, 15) is 0 Å². The van der Waals surface area contributed by atoms with Gasteiger partial charge in [-0.1, -0.05) is 81.6 Å². The van der Waals surface area contributed by atoms with Crippen molar-refractivity contribution in [2.45, 2.75) is 94.4 Å². The molecule has 0 aromatic heterocycles. The summed E-state index contributed by atoms with van der Waals surface area (Å²) in [5.74, 6) is 0.884. The van der Waals surface area contributed by atoms with E-state index in [2.05, 4.69) is 74.3 Å². The third-order valence-electron chi connectivity index (χ3n) is 5.07. The van der Waals surface area contributed by atoms with Crippen molar-refractivity contribution in [3.63, 3.8) is 0 Å². The van der Waals surface area contributed by atoms with Gasteiger partial charge in [-0.3, -0.25) is 0 Å². The quantitative estimate of drug-likeness (QED) is 0.565. The van der Waals surface area contributed by atoms with Crippen molar-refractivity contribution >= 4 is 0 Å². The molecule has 0 aromatic rings. The summed E-state index contributed by atoms with van der Waals surface area (Å²) in [5, 5.41) is 0. The van der Waals surface area contributed by atoms with Crippen molar-refractivity contribution in [1.29, 1.82) is 0 Å². The minimum Gasteiger partial charge on any atom is -0.306 e. The largest absolute Gasteiger partial charge is 0.306 e. The summed E-state index contributed by atoms with van der Waals surface area (Å²) >= 11 is 0. The van der Waals surface area contributed by atoms with Crippen LogP contribution in [0.4, 0.5) is 0 Å². The maximum absolute atomic E-state index is 2.41. The first kappa shape index (κ1) is 23.2. The van der Waals surface area contributed by atoms with Crippen LogP contribution in [-0.2, 0) is 0 Å². The van der Waals surface area contributed by atoms with E-state index < -0.39 is 0 Å². The zero-order chi connectivity index (χ0) is 17.1. The van der Waals surface area contributed by atoms with Crippen molar-refractivity contribution in [2.24, 2.45) is 16.7 Å². The van der Waals surface area contributed by atoms with E-state index in [0.717, 1.165) is 5.92 Å². The molecule has 0 amide bonds. The van der Waals surface area contributed by atoms with Gasteiger partial charge in [0.1, 0.15) is 0 Å². The van der Waals surface area contributed by atoms with Gasteiger partial charge in [-0.25, -0.2) is 0 Å². The number of rotatable bonds is 3. The molecule has 0 saturated carbocycles. The average Bonchev–Trinajstić information content (AvgIpc) is 2.43. The predicted octanol–water partition coefficient (Wildman–Crippen LogP) is 6.62. The summed E-state index contributed by atoms with van der Waals surface area (Å²) in [6.07, 6.45) is 6.62. The Balaban J connectivity index is 0. The van der Waals surface area contributed by atoms with E-state index in [1.54, 1.807) is 0 Å². The van der Waals surface area contributed by atoms with Crippen LogP contribution in [0.2, 0.25) is 0 Å². The lowest BCUT2D eigenvalue weighted by atomic mass is 9.83. The van der Waals surface area contributed by atoms with Gasteiger partial charge in [0, 0.05) is 0 Å². The van der Waals surface area contributed by atoms with Crippen LogP contribution in [0.5, 0.6) is 0 Å². The molecule has 21 heavy (non-hydrogen) atoms. The number of nitrogens with zero attached hydrogens (tertiary/aromatic N) is 1. The summed E-state index contributed by atoms with van der Waals surface area (Å²) in [7, 11) is 2.20. The normalized spacial score (nSPS) is 18.4. The Morgan fingerprint density at radius 3 is 1.43 bits per heavy atom. The molecule has 1 aliphatic rings. The highest BCUT2D eigenvalue weighted by Crippen LogP contribution is 2.28. The van der Waals surface area contributed by atoms with Gasteiger partial charge in [-0.15, -0.1) is 0 Å². The maximum Gasteiger partial charge on any atom is -0.00167 e. The Bertz CT molecular complexity index is 212. The van der Waals surface area contributed by atoms with Crippen molar-refractivity contribution < 1.29 is 0 Å². The molecule has 0 bridgehead atoms. The van der Waals surface area contributed by atoms with Gasteiger partial charge in [0.15, 0.2) is 0 Å². The number of piperidine rings is 1. The van der Waals surface area contributed by atoms with Gasteiger partial charge in [-0.05, 0) is 49.7 Å². The molecule has 0 aromatic carbocycles. The highest BCUT2D eigenvalue weighted by Gasteiger charge is 2.22. The van der Waals surface area contributed by atoms with Crippen LogP contribution in [-0.4, -0.2) is 25.0 Å². The van der Waals surface area contributed by atoms with Gasteiger partial charge in [-0.2, -0.15) is 0 Å². The molecular weight excluding hydrogens is 254 g/mol. The summed E-state index contributed by atoms with van der Waals surface area (Å²) in [6.45, 7) is 23.0. The molecule has 130 valence electrons. The number of likely N-dealkylation sites (tertiary alicyclic amines) is 1. The number of hydrogen-bond acceptors (Lipinski definition) is 1. The minimum absolute atomic E-state index is 0.583. The SMILES string of the molecule is CCC(C)(C)CC.CCC(C)C.CN1CCC(C)(C)CC1. The molecule has 1 saturated heterocycles. The van der Waals surface area contributed by atoms with E-state index in [1.807, 2.05) is 0 Å². The topological polar surface area (TPSA) is 3.24 Å². The highest BCUT2D eigenvalue weighted by molar-refractivity contribution is 4.76. The molecule has 0 N–H and O–H groups in total. The first-order valence-electron chi connectivity index (χ1n) is 9.18. The van der Waals surface area contributed by atoms with Crippen LogP contribution < -0.4 is 0 Å². The standard InChI is InChI=1S/C8H17N.C7H16.C5H12/c1-8(2)4-6-9(3)7-5-8;1-5-7(3,4)6-2;1-4-5(2)3/h4-7H2,1-3H3;5-6H2,1-4H3;5H,4H2,1-3H3. The van der Waals surface area contributed by atoms with E-state index in [-0.39, 0.29) is 0 Å². The molecular formula is C20H45N. The van der Waals surface area contributed by atoms with Crippen LogP contribution in [0.25, 0.3) is 0 Å². The number of hydrogen-bond donors (Lipinski definition) is 0. The molecule has 0 spiro atoms. The molecule has 0 radical (unpaired) electrons. The van der Waals surface area contributed by atoms with E-state index >= 15 is 0 Å². The first-order chi connectivity index (χ1) is 9.49. The Hall–Kier alpha value is -0.0400. The van der Waals surface area contributed by atoms with E-state index in [0.29, 0.717) is 10.8 Å². The van der Waals surface area contributed by atoms with Crippen LogP contribution >= 0.6 is 0 Å². The van der Waals surface area contributed by atoms with Crippen LogP contribution in [0.1, 0.15) is 94.4 Å². The predicted molar refractivity (Wildman–Crippen MR) is 100 cm³/mol. The smallest absolute Gasteiger partial charge is 0.00167 e. The Morgan fingerprint density at radius 1 is 0.952 bits per heavy atom. The zero-order valence-electron chi connectivity index (χ0n) is 17.0. The second-order valence-electron chi connectivity index (χ2n) is 8.64. The van der Waals surface area contributed by atoms with Crippen LogP contribution in [0, 0.1) is 16.7 Å². The van der Waals surface area contributed by atoms with Gasteiger partial charge in [0.05, 0.1) is 0 Å². The minimum atomic E-state index is 0.583. The Kier molecular flexibility index (Phi) is 12.7. The first-order valence-corrected chi connectivity index (χ1v) is 9.18. The van der Waals surface area contributed by atoms with E-state index in [4.69, 9.17) is 0 Å². The average molecular weight is 300 g/mol. The second kappa shape index (κ2) is 11.5. The van der Waals surface area contributed by atoms with Gasteiger partial charge < -0.3 is 4.90 Å². The van der Waals surface area contributed by atoms with Crippen molar-refractivity contribution in [3.05, 3.63) is 0 Å². The molecule has 1 heteroatoms. The van der Waals surface area contributed by atoms with Crippen LogP contribution in [0.15, 0.2) is 0 Å². The lowest BCUT2D eigenvalue weighted by Crippen LogP contribution is -2.34. The molecule has 1 fully saturated rings. The highest BCUT2D eigenvalue weighted by atomic mass is 15.1. The zero-order valence-corrected chi connectivity index (χ0v) is 17.0. The van der Waals surface area contributed by atoms with Crippen LogP contribution in [0.3, 0.4) is 0 Å². The molecule has 1 aliphatic heterocycles. The molecule has 0 aliphatic carbocycles. The third kappa shape index (κ3) is 16.2. The summed E-state index contributed by atoms with van der Waals surface area (Å²) < 4.78 is 0. The monoisotopic (exact) mass is 299 g/mol. The third-order valence-corrected chi connectivity index (χ3v) is 5.07. The molecule has 0 unspecified atom stereocenters. The van der Waals surface area contributed by atoms with Gasteiger partial charge in [0.2, 0.25) is 0 Å². The summed E-state index contributed by atoms with van der Waals surface area (Å²) in [4.78, 5) is 2.41. The fourth-order valence-corrected chi connectivity index (χ4v) is 1.47. The summed E-state index contributed by atoms with van der Waals surface area (Å²) in [6, 6.07) is 0. The molecule has 1 nitrogen and oxygen atoms in total. The molecule has 0 atom stereocenters. The fourth-order valence-electron chi connectivity index (χ4n) is 1.47. The van der Waals surface area contributed by atoms with Crippen molar-refractivity contribution in [3.8, 4) is 0 Å². The second-order valence-corrected chi connectivity index (χ2v) is 8.64. The van der Waals surface area contributed by atoms with Crippen molar-refractivity contribution in [2.75, 3.05) is 20.1 Å². The Labute approximate surface area is 136 Å². The van der Waals surface area contributed by atoms with Gasteiger partial charge in [0.25, 0.3) is 0 Å². The van der Waals surface area contributed by atoms with E-state index in [1.165, 1.54) is 45.2 Å². The fraction of sp³-hybridized carbons (Fsp3) is 1.00. The molecule has 1 heterocycles. The Morgan fingerprint density at radius 2 is 1.29 bits per heavy atom. The summed E-state index contributed by atoms with van der Waals surface area (Å²) in [5.41, 5.74) is 1.20.